The standard InChI is InChI=1S/C25H27N3O/c1-15(18-8-5-4-6-9-18)26-23-11-7-10-20-21-14-19(12-13-22(21)27-25(20)23)24-16(2)28-29-17(24)3/h4-6,8-9,12-15,23,26-27H,7,10-11H2,1-3H3. The molecule has 2 aromatic carbocycles. The summed E-state index contributed by atoms with van der Waals surface area (Å²) >= 11 is 0. The molecule has 0 bridgehead atoms. The highest BCUT2D eigenvalue weighted by Crippen LogP contribution is 2.38. The molecule has 1 aliphatic rings. The fourth-order valence-corrected chi connectivity index (χ4v) is 4.82. The van der Waals surface area contributed by atoms with E-state index in [1.165, 1.54) is 39.7 Å². The van der Waals surface area contributed by atoms with Gasteiger partial charge in [-0.05, 0) is 68.9 Å². The van der Waals surface area contributed by atoms with Gasteiger partial charge in [0, 0.05) is 34.2 Å². The maximum Gasteiger partial charge on any atom is 0.141 e. The van der Waals surface area contributed by atoms with Crippen molar-refractivity contribution in [2.75, 3.05) is 0 Å². The molecule has 0 spiro atoms. The lowest BCUT2D eigenvalue weighted by Crippen LogP contribution is -2.27. The number of fused-ring (bicyclic) bond motifs is 3. The Morgan fingerprint density at radius 3 is 2.72 bits per heavy atom. The van der Waals surface area contributed by atoms with Crippen LogP contribution in [-0.2, 0) is 6.42 Å². The molecule has 4 nitrogen and oxygen atoms in total. The molecule has 0 amide bonds. The van der Waals surface area contributed by atoms with Crippen LogP contribution in [0.15, 0.2) is 53.1 Å². The summed E-state index contributed by atoms with van der Waals surface area (Å²) in [5.41, 5.74) is 8.60. The fourth-order valence-electron chi connectivity index (χ4n) is 4.82. The molecule has 0 aliphatic heterocycles. The first kappa shape index (κ1) is 18.2. The molecule has 4 heteroatoms. The van der Waals surface area contributed by atoms with E-state index < -0.39 is 0 Å². The molecule has 2 aromatic heterocycles. The van der Waals surface area contributed by atoms with E-state index in [1.54, 1.807) is 0 Å². The molecule has 0 fully saturated rings. The quantitative estimate of drug-likeness (QED) is 0.442. The normalized spacial score (nSPS) is 17.4. The molecule has 2 N–H and O–H groups in total. The van der Waals surface area contributed by atoms with E-state index in [0.29, 0.717) is 12.1 Å². The van der Waals surface area contributed by atoms with Crippen molar-refractivity contribution in [3.8, 4) is 11.1 Å². The van der Waals surface area contributed by atoms with Gasteiger partial charge in [0.25, 0.3) is 0 Å². The maximum atomic E-state index is 5.39. The molecule has 29 heavy (non-hydrogen) atoms. The van der Waals surface area contributed by atoms with Gasteiger partial charge in [-0.1, -0.05) is 41.6 Å². The van der Waals surface area contributed by atoms with Crippen LogP contribution in [-0.4, -0.2) is 10.1 Å². The number of hydrogen-bond donors (Lipinski definition) is 2. The van der Waals surface area contributed by atoms with Gasteiger partial charge < -0.3 is 14.8 Å². The van der Waals surface area contributed by atoms with Crippen LogP contribution in [0.4, 0.5) is 0 Å². The van der Waals surface area contributed by atoms with Gasteiger partial charge >= 0.3 is 0 Å². The van der Waals surface area contributed by atoms with Crippen molar-refractivity contribution in [3.05, 3.63) is 76.8 Å². The Balaban J connectivity index is 1.51. The Hall–Kier alpha value is -2.85. The predicted molar refractivity (Wildman–Crippen MR) is 117 cm³/mol. The summed E-state index contributed by atoms with van der Waals surface area (Å²) in [4.78, 5) is 3.72. The van der Waals surface area contributed by atoms with E-state index in [9.17, 15) is 0 Å². The highest BCUT2D eigenvalue weighted by Gasteiger charge is 2.26. The van der Waals surface area contributed by atoms with Crippen LogP contribution in [0.2, 0.25) is 0 Å². The van der Waals surface area contributed by atoms with Crippen molar-refractivity contribution in [1.82, 2.24) is 15.5 Å². The zero-order valence-electron chi connectivity index (χ0n) is 17.3. The van der Waals surface area contributed by atoms with Gasteiger partial charge in [0.1, 0.15) is 5.76 Å². The van der Waals surface area contributed by atoms with E-state index in [0.717, 1.165) is 29.9 Å². The lowest BCUT2D eigenvalue weighted by molar-refractivity contribution is 0.393. The topological polar surface area (TPSA) is 53.9 Å². The molecule has 1 aliphatic carbocycles. The zero-order valence-corrected chi connectivity index (χ0v) is 17.3. The molecule has 4 aromatic rings. The summed E-state index contributed by atoms with van der Waals surface area (Å²) in [5.74, 6) is 0.877. The molecular formula is C25H27N3O. The molecule has 0 radical (unpaired) electrons. The van der Waals surface area contributed by atoms with E-state index >= 15 is 0 Å². The number of nitrogens with zero attached hydrogens (tertiary/aromatic N) is 1. The average molecular weight is 386 g/mol. The third-order valence-electron chi connectivity index (χ3n) is 6.28. The predicted octanol–water partition coefficient (Wildman–Crippen LogP) is 6.17. The number of rotatable bonds is 4. The largest absolute Gasteiger partial charge is 0.361 e. The van der Waals surface area contributed by atoms with Crippen LogP contribution in [0.25, 0.3) is 22.0 Å². The first-order valence-electron chi connectivity index (χ1n) is 10.5. The van der Waals surface area contributed by atoms with Crippen LogP contribution in [0, 0.1) is 13.8 Å². The molecule has 5 rings (SSSR count). The average Bonchev–Trinajstić information content (AvgIpc) is 3.28. The van der Waals surface area contributed by atoms with E-state index in [4.69, 9.17) is 4.52 Å². The van der Waals surface area contributed by atoms with Gasteiger partial charge in [-0.3, -0.25) is 0 Å². The van der Waals surface area contributed by atoms with Crippen LogP contribution in [0.3, 0.4) is 0 Å². The van der Waals surface area contributed by atoms with Crippen molar-refractivity contribution in [1.29, 1.82) is 0 Å². The first-order chi connectivity index (χ1) is 14.1. The summed E-state index contributed by atoms with van der Waals surface area (Å²) < 4.78 is 5.39. The van der Waals surface area contributed by atoms with Crippen molar-refractivity contribution < 1.29 is 4.52 Å². The SMILES string of the molecule is Cc1noc(C)c1-c1ccc2[nH]c3c(c2c1)CCCC3NC(C)c1ccccc1. The Morgan fingerprint density at radius 2 is 1.97 bits per heavy atom. The van der Waals surface area contributed by atoms with Crippen molar-refractivity contribution in [3.63, 3.8) is 0 Å². The lowest BCUT2D eigenvalue weighted by atomic mass is 9.90. The second-order valence-corrected chi connectivity index (χ2v) is 8.22. The van der Waals surface area contributed by atoms with E-state index in [2.05, 4.69) is 70.9 Å². The summed E-state index contributed by atoms with van der Waals surface area (Å²) in [6.07, 6.45) is 3.49. The number of nitrogens with one attached hydrogen (secondary N) is 2. The highest BCUT2D eigenvalue weighted by atomic mass is 16.5. The number of aryl methyl sites for hydroxylation is 3. The molecular weight excluding hydrogens is 358 g/mol. The van der Waals surface area contributed by atoms with Crippen molar-refractivity contribution >= 4 is 10.9 Å². The number of H-pyrrole nitrogens is 1. The van der Waals surface area contributed by atoms with E-state index in [1.807, 2.05) is 13.8 Å². The summed E-state index contributed by atoms with van der Waals surface area (Å²) in [6.45, 7) is 6.24. The smallest absolute Gasteiger partial charge is 0.141 e. The lowest BCUT2D eigenvalue weighted by Gasteiger charge is -2.27. The van der Waals surface area contributed by atoms with Crippen LogP contribution < -0.4 is 5.32 Å². The van der Waals surface area contributed by atoms with Gasteiger partial charge in [-0.25, -0.2) is 0 Å². The molecule has 2 atom stereocenters. The number of aromatic amines is 1. The third-order valence-corrected chi connectivity index (χ3v) is 6.28. The maximum absolute atomic E-state index is 5.39. The van der Waals surface area contributed by atoms with Gasteiger partial charge in [0.05, 0.1) is 5.69 Å². The van der Waals surface area contributed by atoms with Gasteiger partial charge in [0.15, 0.2) is 0 Å². The van der Waals surface area contributed by atoms with Crippen LogP contribution >= 0.6 is 0 Å². The third kappa shape index (κ3) is 3.18. The molecule has 0 saturated heterocycles. The van der Waals surface area contributed by atoms with Gasteiger partial charge in [-0.15, -0.1) is 0 Å². The molecule has 148 valence electrons. The Kier molecular flexibility index (Phi) is 4.51. The first-order valence-corrected chi connectivity index (χ1v) is 10.5. The number of hydrogen-bond acceptors (Lipinski definition) is 3. The van der Waals surface area contributed by atoms with Gasteiger partial charge in [-0.2, -0.15) is 0 Å². The van der Waals surface area contributed by atoms with E-state index in [-0.39, 0.29) is 0 Å². The monoisotopic (exact) mass is 385 g/mol. The minimum Gasteiger partial charge on any atom is -0.361 e. The van der Waals surface area contributed by atoms with Crippen molar-refractivity contribution in [2.45, 2.75) is 52.1 Å². The molecule has 0 saturated carbocycles. The van der Waals surface area contributed by atoms with Gasteiger partial charge in [0.2, 0.25) is 0 Å². The zero-order chi connectivity index (χ0) is 20.0. The Labute approximate surface area is 171 Å². The minimum atomic E-state index is 0.316. The molecule has 2 unspecified atom stereocenters. The fraction of sp³-hybridized carbons (Fsp3) is 0.320. The number of benzene rings is 2. The summed E-state index contributed by atoms with van der Waals surface area (Å²) in [6, 6.07) is 18.0. The second kappa shape index (κ2) is 7.20. The van der Waals surface area contributed by atoms with Crippen LogP contribution in [0.1, 0.15) is 60.1 Å². The summed E-state index contributed by atoms with van der Waals surface area (Å²) in [5, 5.41) is 9.31. The second-order valence-electron chi connectivity index (χ2n) is 8.22. The highest BCUT2D eigenvalue weighted by molar-refractivity contribution is 5.90. The van der Waals surface area contributed by atoms with Crippen molar-refractivity contribution in [2.24, 2.45) is 0 Å². The molecule has 2 heterocycles. The van der Waals surface area contributed by atoms with Crippen LogP contribution in [0.5, 0.6) is 0 Å². The Bertz CT molecular complexity index is 1140. The number of aromatic nitrogens is 2. The Morgan fingerprint density at radius 1 is 1.14 bits per heavy atom. The summed E-state index contributed by atoms with van der Waals surface area (Å²) in [7, 11) is 0. The minimum absolute atomic E-state index is 0.316.